The van der Waals surface area contributed by atoms with E-state index in [-0.39, 0.29) is 12.5 Å². The van der Waals surface area contributed by atoms with Crippen molar-refractivity contribution in [1.82, 2.24) is 15.1 Å². The first-order valence-electron chi connectivity index (χ1n) is 9.34. The first-order valence-corrected chi connectivity index (χ1v) is 10.5. The molecule has 5 nitrogen and oxygen atoms in total. The third-order valence-electron chi connectivity index (χ3n) is 4.29. The van der Waals surface area contributed by atoms with E-state index in [1.54, 1.807) is 19.2 Å². The van der Waals surface area contributed by atoms with Gasteiger partial charge in [-0.3, -0.25) is 9.48 Å². The Hall–Kier alpha value is -1.43. The average molecular weight is 447 g/mol. The third kappa shape index (κ3) is 5.79. The van der Waals surface area contributed by atoms with Crippen molar-refractivity contribution in [3.05, 3.63) is 44.2 Å². The van der Waals surface area contributed by atoms with Crippen LogP contribution in [0.1, 0.15) is 55.4 Å². The Balaban J connectivity index is 2.01. The van der Waals surface area contributed by atoms with Gasteiger partial charge >= 0.3 is 0 Å². The van der Waals surface area contributed by atoms with E-state index in [9.17, 15) is 4.79 Å². The second kappa shape index (κ2) is 10.4. The number of nitrogens with one attached hydrogen (secondary N) is 1. The fourth-order valence-corrected chi connectivity index (χ4v) is 3.83. The maximum Gasteiger partial charge on any atom is 0.271 e. The highest BCUT2D eigenvalue weighted by Gasteiger charge is 2.20. The molecule has 1 heterocycles. The molecule has 1 N–H and O–H groups in total. The van der Waals surface area contributed by atoms with Gasteiger partial charge in [0.25, 0.3) is 5.91 Å². The summed E-state index contributed by atoms with van der Waals surface area (Å²) in [5.74, 6) is 0.798. The van der Waals surface area contributed by atoms with E-state index in [0.29, 0.717) is 51.2 Å². The van der Waals surface area contributed by atoms with Crippen molar-refractivity contribution in [1.29, 1.82) is 0 Å². The summed E-state index contributed by atoms with van der Waals surface area (Å²) in [7, 11) is 1.69. The summed E-state index contributed by atoms with van der Waals surface area (Å²) in [6.45, 7) is 7.10. The van der Waals surface area contributed by atoms with E-state index in [2.05, 4.69) is 24.3 Å². The molecule has 0 spiro atoms. The SMILES string of the molecule is CCc1nn(C)c(C(=O)NCc2cc(Cl)c(OCCCC(C)C)c(Cl)c2)c1Cl. The van der Waals surface area contributed by atoms with E-state index in [1.165, 1.54) is 4.68 Å². The minimum Gasteiger partial charge on any atom is -0.490 e. The van der Waals surface area contributed by atoms with Crippen LogP contribution in [-0.4, -0.2) is 22.3 Å². The number of aryl methyl sites for hydroxylation is 2. The summed E-state index contributed by atoms with van der Waals surface area (Å²) in [5, 5.41) is 8.31. The van der Waals surface area contributed by atoms with Crippen molar-refractivity contribution in [3.8, 4) is 5.75 Å². The smallest absolute Gasteiger partial charge is 0.271 e. The number of nitrogens with zero attached hydrogens (tertiary/aromatic N) is 2. The number of hydrogen-bond acceptors (Lipinski definition) is 3. The minimum atomic E-state index is -0.305. The summed E-state index contributed by atoms with van der Waals surface area (Å²) in [6, 6.07) is 3.49. The zero-order chi connectivity index (χ0) is 20.8. The predicted octanol–water partition coefficient (Wildman–Crippen LogP) is 5.69. The minimum absolute atomic E-state index is 0.259. The van der Waals surface area contributed by atoms with Gasteiger partial charge in [-0.1, -0.05) is 55.6 Å². The Morgan fingerprint density at radius 1 is 1.25 bits per heavy atom. The molecule has 2 rings (SSSR count). The molecule has 0 aliphatic rings. The van der Waals surface area contributed by atoms with Gasteiger partial charge in [0.05, 0.1) is 27.4 Å². The predicted molar refractivity (Wildman–Crippen MR) is 115 cm³/mol. The highest BCUT2D eigenvalue weighted by atomic mass is 35.5. The Morgan fingerprint density at radius 2 is 1.89 bits per heavy atom. The molecule has 0 aliphatic heterocycles. The van der Waals surface area contributed by atoms with Crippen LogP contribution in [-0.2, 0) is 20.0 Å². The molecule has 0 aliphatic carbocycles. The van der Waals surface area contributed by atoms with Crippen molar-refractivity contribution in [3.63, 3.8) is 0 Å². The molecular weight excluding hydrogens is 421 g/mol. The van der Waals surface area contributed by atoms with Gasteiger partial charge in [-0.15, -0.1) is 0 Å². The van der Waals surface area contributed by atoms with Gasteiger partial charge in [-0.05, 0) is 42.9 Å². The molecule has 8 heteroatoms. The molecule has 28 heavy (non-hydrogen) atoms. The number of benzene rings is 1. The molecule has 154 valence electrons. The van der Waals surface area contributed by atoms with Crippen molar-refractivity contribution in [2.45, 2.75) is 46.6 Å². The first kappa shape index (κ1) is 22.9. The maximum atomic E-state index is 12.5. The number of hydrogen-bond donors (Lipinski definition) is 1. The molecule has 1 amide bonds. The third-order valence-corrected chi connectivity index (χ3v) is 5.25. The van der Waals surface area contributed by atoms with Gasteiger partial charge in [0, 0.05) is 13.6 Å². The summed E-state index contributed by atoms with van der Waals surface area (Å²) in [5.41, 5.74) is 1.80. The van der Waals surface area contributed by atoms with Crippen LogP contribution in [0.4, 0.5) is 0 Å². The van der Waals surface area contributed by atoms with Gasteiger partial charge in [-0.25, -0.2) is 0 Å². The molecule has 0 fully saturated rings. The zero-order valence-electron chi connectivity index (χ0n) is 16.6. The number of carbonyl (C=O) groups excluding carboxylic acids is 1. The Morgan fingerprint density at radius 3 is 2.43 bits per heavy atom. The zero-order valence-corrected chi connectivity index (χ0v) is 18.9. The lowest BCUT2D eigenvalue weighted by molar-refractivity contribution is 0.0941. The maximum absolute atomic E-state index is 12.5. The van der Waals surface area contributed by atoms with Crippen molar-refractivity contribution in [2.75, 3.05) is 6.61 Å². The number of carbonyl (C=O) groups is 1. The molecule has 0 atom stereocenters. The van der Waals surface area contributed by atoms with E-state index in [0.717, 1.165) is 18.4 Å². The standard InChI is InChI=1S/C20H26Cl3N3O2/c1-5-16-17(23)18(26(4)25-16)20(27)24-11-13-9-14(21)19(15(22)10-13)28-8-6-7-12(2)3/h9-10,12H,5-8,11H2,1-4H3,(H,24,27). The van der Waals surface area contributed by atoms with Crippen LogP contribution >= 0.6 is 34.8 Å². The largest absolute Gasteiger partial charge is 0.490 e. The van der Waals surface area contributed by atoms with Crippen molar-refractivity contribution >= 4 is 40.7 Å². The number of amides is 1. The Labute approximate surface area is 181 Å². The molecule has 0 bridgehead atoms. The lowest BCUT2D eigenvalue weighted by Crippen LogP contribution is -2.25. The molecule has 0 unspecified atom stereocenters. The van der Waals surface area contributed by atoms with Crippen LogP contribution in [0.25, 0.3) is 0 Å². The summed E-state index contributed by atoms with van der Waals surface area (Å²) in [4.78, 5) is 12.5. The van der Waals surface area contributed by atoms with Crippen LogP contribution in [0.15, 0.2) is 12.1 Å². The van der Waals surface area contributed by atoms with Crippen LogP contribution in [0.5, 0.6) is 5.75 Å². The second-order valence-corrected chi connectivity index (χ2v) is 8.23. The first-order chi connectivity index (χ1) is 13.2. The number of halogens is 3. The Bertz CT molecular complexity index is 811. The number of ether oxygens (including phenoxy) is 1. The molecular formula is C20H26Cl3N3O2. The van der Waals surface area contributed by atoms with E-state index >= 15 is 0 Å². The fraction of sp³-hybridized carbons (Fsp3) is 0.500. The van der Waals surface area contributed by atoms with Gasteiger partial charge < -0.3 is 10.1 Å². The van der Waals surface area contributed by atoms with E-state index in [1.807, 2.05) is 6.92 Å². The van der Waals surface area contributed by atoms with Crippen molar-refractivity contribution < 1.29 is 9.53 Å². The molecule has 0 saturated carbocycles. The van der Waals surface area contributed by atoms with Gasteiger partial charge in [0.15, 0.2) is 5.75 Å². The highest BCUT2D eigenvalue weighted by Crippen LogP contribution is 2.34. The monoisotopic (exact) mass is 445 g/mol. The fourth-order valence-electron chi connectivity index (χ4n) is 2.81. The molecule has 2 aromatic rings. The normalized spacial score (nSPS) is 11.1. The van der Waals surface area contributed by atoms with Crippen LogP contribution in [0, 0.1) is 5.92 Å². The van der Waals surface area contributed by atoms with E-state index < -0.39 is 0 Å². The van der Waals surface area contributed by atoms with Gasteiger partial charge in [0.2, 0.25) is 0 Å². The number of rotatable bonds is 9. The second-order valence-electron chi connectivity index (χ2n) is 7.04. The van der Waals surface area contributed by atoms with Crippen LogP contribution in [0.2, 0.25) is 15.1 Å². The van der Waals surface area contributed by atoms with Gasteiger partial charge in [-0.2, -0.15) is 5.10 Å². The quantitative estimate of drug-likeness (QED) is 0.504. The van der Waals surface area contributed by atoms with Crippen molar-refractivity contribution in [2.24, 2.45) is 13.0 Å². The van der Waals surface area contributed by atoms with Crippen LogP contribution < -0.4 is 10.1 Å². The summed E-state index contributed by atoms with van der Waals surface area (Å²) in [6.07, 6.45) is 2.67. The lowest BCUT2D eigenvalue weighted by atomic mass is 10.1. The van der Waals surface area contributed by atoms with Crippen LogP contribution in [0.3, 0.4) is 0 Å². The number of aromatic nitrogens is 2. The average Bonchev–Trinajstić information content (AvgIpc) is 2.91. The van der Waals surface area contributed by atoms with E-state index in [4.69, 9.17) is 39.5 Å². The topological polar surface area (TPSA) is 56.2 Å². The summed E-state index contributed by atoms with van der Waals surface area (Å²) < 4.78 is 7.22. The Kier molecular flexibility index (Phi) is 8.47. The molecule has 0 saturated heterocycles. The molecule has 1 aromatic heterocycles. The molecule has 1 aromatic carbocycles. The van der Waals surface area contributed by atoms with Gasteiger partial charge in [0.1, 0.15) is 5.69 Å². The molecule has 0 radical (unpaired) electrons. The summed E-state index contributed by atoms with van der Waals surface area (Å²) >= 11 is 18.9. The lowest BCUT2D eigenvalue weighted by Gasteiger charge is -2.13. The highest BCUT2D eigenvalue weighted by molar-refractivity contribution is 6.37.